The van der Waals surface area contributed by atoms with Crippen LogP contribution in [0.4, 0.5) is 8.78 Å². The topological polar surface area (TPSA) is 12.0 Å². The first-order valence-corrected chi connectivity index (χ1v) is 6.79. The first-order valence-electron chi connectivity index (χ1n) is 6.79. The molecule has 0 fully saturated rings. The van der Waals surface area contributed by atoms with Gasteiger partial charge in [-0.2, -0.15) is 0 Å². The minimum absolute atomic E-state index is 0.230. The van der Waals surface area contributed by atoms with Crippen molar-refractivity contribution in [3.05, 3.63) is 58.7 Å². The first-order chi connectivity index (χ1) is 9.52. The largest absolute Gasteiger partial charge is 0.313 e. The van der Waals surface area contributed by atoms with Gasteiger partial charge in [0.2, 0.25) is 0 Å². The zero-order valence-electron chi connectivity index (χ0n) is 12.1. The SMILES string of the molecule is CCNCc1ccc(-c2c(C)cc(F)cc2C)cc1F. The zero-order valence-corrected chi connectivity index (χ0v) is 12.1. The van der Waals surface area contributed by atoms with Gasteiger partial charge in [0.1, 0.15) is 11.6 Å². The number of halogens is 2. The maximum Gasteiger partial charge on any atom is 0.128 e. The van der Waals surface area contributed by atoms with Crippen LogP contribution < -0.4 is 5.32 Å². The highest BCUT2D eigenvalue weighted by molar-refractivity contribution is 5.71. The smallest absolute Gasteiger partial charge is 0.128 e. The Morgan fingerprint density at radius 1 is 1.00 bits per heavy atom. The van der Waals surface area contributed by atoms with Crippen molar-refractivity contribution < 1.29 is 8.78 Å². The van der Waals surface area contributed by atoms with Gasteiger partial charge in [-0.3, -0.25) is 0 Å². The molecule has 0 amide bonds. The van der Waals surface area contributed by atoms with Crippen LogP contribution in [0.15, 0.2) is 30.3 Å². The molecule has 106 valence electrons. The van der Waals surface area contributed by atoms with E-state index in [1.165, 1.54) is 18.2 Å². The summed E-state index contributed by atoms with van der Waals surface area (Å²) in [6.07, 6.45) is 0. The fraction of sp³-hybridized carbons (Fsp3) is 0.294. The Morgan fingerprint density at radius 2 is 1.65 bits per heavy atom. The van der Waals surface area contributed by atoms with Crippen molar-refractivity contribution in [3.63, 3.8) is 0 Å². The Hall–Kier alpha value is -1.74. The lowest BCUT2D eigenvalue weighted by molar-refractivity contribution is 0.594. The van der Waals surface area contributed by atoms with Crippen molar-refractivity contribution in [3.8, 4) is 11.1 Å². The molecule has 0 saturated carbocycles. The van der Waals surface area contributed by atoms with E-state index in [-0.39, 0.29) is 11.6 Å². The minimum Gasteiger partial charge on any atom is -0.313 e. The maximum absolute atomic E-state index is 14.1. The van der Waals surface area contributed by atoms with Crippen LogP contribution in [0, 0.1) is 25.5 Å². The molecule has 0 bridgehead atoms. The summed E-state index contributed by atoms with van der Waals surface area (Å²) in [5.41, 5.74) is 3.98. The average Bonchev–Trinajstić information content (AvgIpc) is 2.36. The third kappa shape index (κ3) is 3.05. The lowest BCUT2D eigenvalue weighted by Crippen LogP contribution is -2.12. The molecule has 0 saturated heterocycles. The van der Waals surface area contributed by atoms with Crippen LogP contribution in [0.25, 0.3) is 11.1 Å². The molecule has 2 aromatic rings. The van der Waals surface area contributed by atoms with Gasteiger partial charge in [-0.1, -0.05) is 19.1 Å². The van der Waals surface area contributed by atoms with Crippen LogP contribution >= 0.6 is 0 Å². The molecule has 0 atom stereocenters. The van der Waals surface area contributed by atoms with Crippen LogP contribution in [-0.2, 0) is 6.54 Å². The Labute approximate surface area is 118 Å². The molecule has 0 aliphatic heterocycles. The molecule has 0 unspecified atom stereocenters. The van der Waals surface area contributed by atoms with Gasteiger partial charge in [-0.05, 0) is 60.8 Å². The molecule has 20 heavy (non-hydrogen) atoms. The number of aryl methyl sites for hydroxylation is 2. The monoisotopic (exact) mass is 275 g/mol. The summed E-state index contributed by atoms with van der Waals surface area (Å²) in [5.74, 6) is -0.487. The van der Waals surface area contributed by atoms with E-state index in [2.05, 4.69) is 5.32 Å². The normalized spacial score (nSPS) is 10.8. The Balaban J connectivity index is 2.42. The van der Waals surface area contributed by atoms with Crippen LogP contribution in [0.3, 0.4) is 0 Å². The molecule has 0 spiro atoms. The Morgan fingerprint density at radius 3 is 2.20 bits per heavy atom. The third-order valence-electron chi connectivity index (χ3n) is 3.40. The van der Waals surface area contributed by atoms with Gasteiger partial charge in [0, 0.05) is 12.1 Å². The van der Waals surface area contributed by atoms with E-state index >= 15 is 0 Å². The molecule has 0 aliphatic carbocycles. The van der Waals surface area contributed by atoms with Crippen LogP contribution in [-0.4, -0.2) is 6.54 Å². The standard InChI is InChI=1S/C17H19F2N/c1-4-20-10-14-6-5-13(9-16(14)19)17-11(2)7-15(18)8-12(17)3/h5-9,20H,4,10H2,1-3H3. The highest BCUT2D eigenvalue weighted by Gasteiger charge is 2.10. The summed E-state index contributed by atoms with van der Waals surface area (Å²) in [7, 11) is 0. The summed E-state index contributed by atoms with van der Waals surface area (Å²) in [6.45, 7) is 6.99. The molecule has 1 N–H and O–H groups in total. The van der Waals surface area contributed by atoms with Gasteiger partial charge in [-0.15, -0.1) is 0 Å². The van der Waals surface area contributed by atoms with E-state index in [1.54, 1.807) is 6.07 Å². The fourth-order valence-corrected chi connectivity index (χ4v) is 2.47. The number of nitrogens with one attached hydrogen (secondary N) is 1. The lowest BCUT2D eigenvalue weighted by atomic mass is 9.94. The van der Waals surface area contributed by atoms with E-state index < -0.39 is 0 Å². The van der Waals surface area contributed by atoms with E-state index in [4.69, 9.17) is 0 Å². The number of benzene rings is 2. The number of hydrogen-bond donors (Lipinski definition) is 1. The van der Waals surface area contributed by atoms with E-state index in [1.807, 2.05) is 26.8 Å². The van der Waals surface area contributed by atoms with E-state index in [9.17, 15) is 8.78 Å². The molecule has 0 radical (unpaired) electrons. The second kappa shape index (κ2) is 6.14. The molecular formula is C17H19F2N. The van der Waals surface area contributed by atoms with Crippen molar-refractivity contribution in [1.29, 1.82) is 0 Å². The van der Waals surface area contributed by atoms with Gasteiger partial charge in [-0.25, -0.2) is 8.78 Å². The molecule has 2 rings (SSSR count). The minimum atomic E-state index is -0.256. The lowest BCUT2D eigenvalue weighted by Gasteiger charge is -2.12. The maximum atomic E-state index is 14.1. The van der Waals surface area contributed by atoms with Gasteiger partial charge >= 0.3 is 0 Å². The predicted molar refractivity (Wildman–Crippen MR) is 78.6 cm³/mol. The summed E-state index contributed by atoms with van der Waals surface area (Å²) in [6, 6.07) is 8.16. The van der Waals surface area contributed by atoms with E-state index in [0.29, 0.717) is 12.1 Å². The summed E-state index contributed by atoms with van der Waals surface area (Å²) in [5, 5.41) is 3.11. The van der Waals surface area contributed by atoms with Crippen LogP contribution in [0.2, 0.25) is 0 Å². The van der Waals surface area contributed by atoms with Crippen molar-refractivity contribution in [1.82, 2.24) is 5.32 Å². The fourth-order valence-electron chi connectivity index (χ4n) is 2.47. The van der Waals surface area contributed by atoms with Crippen LogP contribution in [0.1, 0.15) is 23.6 Å². The van der Waals surface area contributed by atoms with Crippen molar-refractivity contribution in [2.75, 3.05) is 6.54 Å². The Bertz CT molecular complexity index is 597. The summed E-state index contributed by atoms with van der Waals surface area (Å²) in [4.78, 5) is 0. The van der Waals surface area contributed by atoms with Gasteiger partial charge in [0.05, 0.1) is 0 Å². The van der Waals surface area contributed by atoms with Crippen LogP contribution in [0.5, 0.6) is 0 Å². The van der Waals surface area contributed by atoms with Gasteiger partial charge in [0.15, 0.2) is 0 Å². The molecule has 3 heteroatoms. The zero-order chi connectivity index (χ0) is 14.7. The molecular weight excluding hydrogens is 256 g/mol. The van der Waals surface area contributed by atoms with Crippen molar-refractivity contribution in [2.45, 2.75) is 27.3 Å². The third-order valence-corrected chi connectivity index (χ3v) is 3.40. The van der Waals surface area contributed by atoms with Crippen molar-refractivity contribution >= 4 is 0 Å². The second-order valence-electron chi connectivity index (χ2n) is 5.00. The summed E-state index contributed by atoms with van der Waals surface area (Å²) < 4.78 is 27.4. The summed E-state index contributed by atoms with van der Waals surface area (Å²) >= 11 is 0. The quantitative estimate of drug-likeness (QED) is 0.874. The number of rotatable bonds is 4. The molecule has 0 aliphatic rings. The average molecular weight is 275 g/mol. The first kappa shape index (κ1) is 14.7. The van der Waals surface area contributed by atoms with Gasteiger partial charge < -0.3 is 5.32 Å². The highest BCUT2D eigenvalue weighted by Crippen LogP contribution is 2.29. The molecule has 1 nitrogen and oxygen atoms in total. The van der Waals surface area contributed by atoms with Crippen molar-refractivity contribution in [2.24, 2.45) is 0 Å². The molecule has 0 heterocycles. The highest BCUT2D eigenvalue weighted by atomic mass is 19.1. The van der Waals surface area contributed by atoms with Gasteiger partial charge in [0.25, 0.3) is 0 Å². The van der Waals surface area contributed by atoms with E-state index in [0.717, 1.165) is 28.8 Å². The molecule has 0 aromatic heterocycles. The molecule has 2 aromatic carbocycles. The Kier molecular flexibility index (Phi) is 4.50. The second-order valence-corrected chi connectivity index (χ2v) is 5.00. The predicted octanol–water partition coefficient (Wildman–Crippen LogP) is 4.36. The number of hydrogen-bond acceptors (Lipinski definition) is 1.